The van der Waals surface area contributed by atoms with Crippen LogP contribution >= 0.6 is 0 Å². The number of hydrogen-bond donors (Lipinski definition) is 1. The molecule has 0 saturated heterocycles. The summed E-state index contributed by atoms with van der Waals surface area (Å²) in [5.41, 5.74) is 4.75. The second-order valence-corrected chi connectivity index (χ2v) is 4.74. The lowest BCUT2D eigenvalue weighted by molar-refractivity contribution is 0.720. The predicted molar refractivity (Wildman–Crippen MR) is 82.4 cm³/mol. The van der Waals surface area contributed by atoms with Crippen LogP contribution in [0.3, 0.4) is 0 Å². The minimum absolute atomic E-state index is 0.779. The maximum atomic E-state index is 4.16. The standard InChI is InChI=1S/C17H17N3/c1-20-17(11-12-19-20)13-18-16-9-7-15(8-10-16)14-5-3-2-4-6-14/h2-12,18H,13H2,1H3. The van der Waals surface area contributed by atoms with Gasteiger partial charge in [0.1, 0.15) is 0 Å². The Bertz CT molecular complexity index is 669. The summed E-state index contributed by atoms with van der Waals surface area (Å²) in [6.07, 6.45) is 1.81. The van der Waals surface area contributed by atoms with Gasteiger partial charge >= 0.3 is 0 Å². The SMILES string of the molecule is Cn1nccc1CNc1ccc(-c2ccccc2)cc1. The van der Waals surface area contributed by atoms with Crippen LogP contribution < -0.4 is 5.32 Å². The Kier molecular flexibility index (Phi) is 3.50. The Morgan fingerprint density at radius 1 is 0.900 bits per heavy atom. The second kappa shape index (κ2) is 5.61. The quantitative estimate of drug-likeness (QED) is 0.778. The van der Waals surface area contributed by atoms with Crippen molar-refractivity contribution >= 4 is 5.69 Å². The molecule has 3 heteroatoms. The lowest BCUT2D eigenvalue weighted by Gasteiger charge is -2.08. The zero-order chi connectivity index (χ0) is 13.8. The molecule has 0 spiro atoms. The van der Waals surface area contributed by atoms with Crippen molar-refractivity contribution in [1.82, 2.24) is 9.78 Å². The highest BCUT2D eigenvalue weighted by molar-refractivity contribution is 5.65. The molecular weight excluding hydrogens is 246 g/mol. The van der Waals surface area contributed by atoms with E-state index in [4.69, 9.17) is 0 Å². The molecule has 1 heterocycles. The van der Waals surface area contributed by atoms with Crippen molar-refractivity contribution in [2.45, 2.75) is 6.54 Å². The molecule has 0 aliphatic rings. The maximum absolute atomic E-state index is 4.16. The van der Waals surface area contributed by atoms with Crippen molar-refractivity contribution < 1.29 is 0 Å². The van der Waals surface area contributed by atoms with Crippen LogP contribution in [0.25, 0.3) is 11.1 Å². The number of aryl methyl sites for hydroxylation is 1. The highest BCUT2D eigenvalue weighted by atomic mass is 15.3. The number of anilines is 1. The molecule has 2 aromatic carbocycles. The molecule has 0 radical (unpaired) electrons. The second-order valence-electron chi connectivity index (χ2n) is 4.74. The van der Waals surface area contributed by atoms with E-state index in [1.165, 1.54) is 11.1 Å². The van der Waals surface area contributed by atoms with Crippen molar-refractivity contribution in [1.29, 1.82) is 0 Å². The average molecular weight is 263 g/mol. The molecule has 0 atom stereocenters. The van der Waals surface area contributed by atoms with Crippen LogP contribution in [0.4, 0.5) is 5.69 Å². The van der Waals surface area contributed by atoms with Crippen LogP contribution in [0.1, 0.15) is 5.69 Å². The Hall–Kier alpha value is -2.55. The average Bonchev–Trinajstić information content (AvgIpc) is 2.92. The van der Waals surface area contributed by atoms with Gasteiger partial charge in [-0.3, -0.25) is 4.68 Å². The first kappa shape index (κ1) is 12.5. The number of nitrogens with zero attached hydrogens (tertiary/aromatic N) is 2. The first-order valence-electron chi connectivity index (χ1n) is 6.69. The normalized spacial score (nSPS) is 10.4. The molecule has 0 aliphatic heterocycles. The molecule has 1 N–H and O–H groups in total. The fourth-order valence-corrected chi connectivity index (χ4v) is 2.18. The van der Waals surface area contributed by atoms with Gasteiger partial charge < -0.3 is 5.32 Å². The van der Waals surface area contributed by atoms with E-state index >= 15 is 0 Å². The zero-order valence-corrected chi connectivity index (χ0v) is 11.5. The van der Waals surface area contributed by atoms with Gasteiger partial charge in [-0.25, -0.2) is 0 Å². The van der Waals surface area contributed by atoms with Gasteiger partial charge in [0.15, 0.2) is 0 Å². The summed E-state index contributed by atoms with van der Waals surface area (Å²) in [4.78, 5) is 0. The van der Waals surface area contributed by atoms with Gasteiger partial charge in [0, 0.05) is 18.9 Å². The number of benzene rings is 2. The van der Waals surface area contributed by atoms with Crippen molar-refractivity contribution in [2.24, 2.45) is 7.05 Å². The van der Waals surface area contributed by atoms with E-state index in [1.807, 2.05) is 30.1 Å². The van der Waals surface area contributed by atoms with Crippen molar-refractivity contribution in [3.63, 3.8) is 0 Å². The van der Waals surface area contributed by atoms with E-state index < -0.39 is 0 Å². The van der Waals surface area contributed by atoms with Crippen LogP contribution in [0.5, 0.6) is 0 Å². The molecule has 20 heavy (non-hydrogen) atoms. The monoisotopic (exact) mass is 263 g/mol. The predicted octanol–water partition coefficient (Wildman–Crippen LogP) is 3.70. The van der Waals surface area contributed by atoms with Crippen molar-refractivity contribution in [3.8, 4) is 11.1 Å². The van der Waals surface area contributed by atoms with Gasteiger partial charge in [0.05, 0.1) is 12.2 Å². The molecule has 0 bridgehead atoms. The molecule has 1 aromatic heterocycles. The van der Waals surface area contributed by atoms with Gasteiger partial charge in [0.2, 0.25) is 0 Å². The minimum Gasteiger partial charge on any atom is -0.379 e. The van der Waals surface area contributed by atoms with E-state index in [0.29, 0.717) is 0 Å². The first-order chi connectivity index (χ1) is 9.83. The van der Waals surface area contributed by atoms with E-state index in [0.717, 1.165) is 17.9 Å². The molecule has 0 fully saturated rings. The van der Waals surface area contributed by atoms with Gasteiger partial charge in [-0.2, -0.15) is 5.10 Å². The maximum Gasteiger partial charge on any atom is 0.0571 e. The zero-order valence-electron chi connectivity index (χ0n) is 11.5. The van der Waals surface area contributed by atoms with Crippen LogP contribution in [-0.2, 0) is 13.6 Å². The lowest BCUT2D eigenvalue weighted by Crippen LogP contribution is -2.05. The Balaban J connectivity index is 1.69. The Morgan fingerprint density at radius 2 is 1.60 bits per heavy atom. The number of rotatable bonds is 4. The first-order valence-corrected chi connectivity index (χ1v) is 6.69. The number of hydrogen-bond acceptors (Lipinski definition) is 2. The van der Waals surface area contributed by atoms with Crippen LogP contribution in [0, 0.1) is 0 Å². The van der Waals surface area contributed by atoms with E-state index in [-0.39, 0.29) is 0 Å². The summed E-state index contributed by atoms with van der Waals surface area (Å²) in [7, 11) is 1.95. The van der Waals surface area contributed by atoms with E-state index in [9.17, 15) is 0 Å². The smallest absolute Gasteiger partial charge is 0.0571 e. The highest BCUT2D eigenvalue weighted by Crippen LogP contribution is 2.21. The molecule has 0 amide bonds. The van der Waals surface area contributed by atoms with Gasteiger partial charge in [-0.1, -0.05) is 42.5 Å². The fraction of sp³-hybridized carbons (Fsp3) is 0.118. The minimum atomic E-state index is 0.779. The molecule has 0 unspecified atom stereocenters. The molecular formula is C17H17N3. The third-order valence-corrected chi connectivity index (χ3v) is 3.39. The summed E-state index contributed by atoms with van der Waals surface area (Å²) < 4.78 is 1.88. The van der Waals surface area contributed by atoms with Crippen LogP contribution in [-0.4, -0.2) is 9.78 Å². The molecule has 3 aromatic rings. The van der Waals surface area contributed by atoms with E-state index in [2.05, 4.69) is 58.9 Å². The van der Waals surface area contributed by atoms with Gasteiger partial charge in [-0.05, 0) is 29.3 Å². The largest absolute Gasteiger partial charge is 0.379 e. The summed E-state index contributed by atoms with van der Waals surface area (Å²) in [6, 6.07) is 20.9. The van der Waals surface area contributed by atoms with Crippen molar-refractivity contribution in [2.75, 3.05) is 5.32 Å². The topological polar surface area (TPSA) is 29.9 Å². The van der Waals surface area contributed by atoms with E-state index in [1.54, 1.807) is 0 Å². The molecule has 0 aliphatic carbocycles. The molecule has 3 rings (SSSR count). The van der Waals surface area contributed by atoms with Crippen LogP contribution in [0.2, 0.25) is 0 Å². The molecule has 0 saturated carbocycles. The lowest BCUT2D eigenvalue weighted by atomic mass is 10.1. The summed E-state index contributed by atoms with van der Waals surface area (Å²) in [5.74, 6) is 0. The number of aromatic nitrogens is 2. The van der Waals surface area contributed by atoms with Crippen molar-refractivity contribution in [3.05, 3.63) is 72.6 Å². The summed E-state index contributed by atoms with van der Waals surface area (Å²) in [5, 5.41) is 7.57. The van der Waals surface area contributed by atoms with Crippen LogP contribution in [0.15, 0.2) is 66.9 Å². The summed E-state index contributed by atoms with van der Waals surface area (Å²) in [6.45, 7) is 0.779. The highest BCUT2D eigenvalue weighted by Gasteiger charge is 2.00. The fourth-order valence-electron chi connectivity index (χ4n) is 2.18. The van der Waals surface area contributed by atoms with Gasteiger partial charge in [-0.15, -0.1) is 0 Å². The third-order valence-electron chi connectivity index (χ3n) is 3.39. The Morgan fingerprint density at radius 3 is 2.25 bits per heavy atom. The Labute approximate surface area is 118 Å². The number of nitrogens with one attached hydrogen (secondary N) is 1. The van der Waals surface area contributed by atoms with Gasteiger partial charge in [0.25, 0.3) is 0 Å². The summed E-state index contributed by atoms with van der Waals surface area (Å²) >= 11 is 0. The molecule has 100 valence electrons. The third kappa shape index (κ3) is 2.72. The molecule has 3 nitrogen and oxygen atoms in total.